The van der Waals surface area contributed by atoms with Crippen LogP contribution in [0.5, 0.6) is 11.5 Å². The Balaban J connectivity index is 1.65. The van der Waals surface area contributed by atoms with Gasteiger partial charge >= 0.3 is 5.97 Å². The van der Waals surface area contributed by atoms with Crippen molar-refractivity contribution < 1.29 is 28.5 Å². The lowest BCUT2D eigenvalue weighted by atomic mass is 9.53. The zero-order valence-corrected chi connectivity index (χ0v) is 18.1. The van der Waals surface area contributed by atoms with E-state index in [4.69, 9.17) is 14.2 Å². The zero-order chi connectivity index (χ0) is 22.2. The van der Waals surface area contributed by atoms with Gasteiger partial charge in [-0.2, -0.15) is 0 Å². The monoisotopic (exact) mass is 428 g/mol. The van der Waals surface area contributed by atoms with E-state index >= 15 is 0 Å². The van der Waals surface area contributed by atoms with Crippen LogP contribution in [0.15, 0.2) is 42.5 Å². The van der Waals surface area contributed by atoms with E-state index in [2.05, 4.69) is 0 Å². The first kappa shape index (κ1) is 21.6. The van der Waals surface area contributed by atoms with Crippen LogP contribution in [0, 0.1) is 29.0 Å². The topological polar surface area (TPSA) is 65.0 Å². The summed E-state index contributed by atoms with van der Waals surface area (Å²) in [4.78, 5) is 12.1. The highest BCUT2D eigenvalue weighted by atomic mass is 19.1. The van der Waals surface area contributed by atoms with Crippen molar-refractivity contribution in [3.05, 3.63) is 59.4 Å². The van der Waals surface area contributed by atoms with Crippen molar-refractivity contribution in [3.63, 3.8) is 0 Å². The maximum absolute atomic E-state index is 13.5. The van der Waals surface area contributed by atoms with Gasteiger partial charge in [-0.3, -0.25) is 4.79 Å². The molecule has 2 aromatic rings. The third-order valence-corrected chi connectivity index (χ3v) is 7.27. The van der Waals surface area contributed by atoms with E-state index in [1.54, 1.807) is 26.4 Å². The van der Waals surface area contributed by atoms with Gasteiger partial charge in [0.15, 0.2) is 11.5 Å². The fourth-order valence-corrected chi connectivity index (χ4v) is 5.34. The van der Waals surface area contributed by atoms with E-state index in [1.165, 1.54) is 12.1 Å². The smallest absolute Gasteiger partial charge is 0.309 e. The van der Waals surface area contributed by atoms with Gasteiger partial charge in [-0.25, -0.2) is 4.39 Å². The van der Waals surface area contributed by atoms with Crippen molar-refractivity contribution >= 4 is 5.97 Å². The second-order valence-corrected chi connectivity index (χ2v) is 8.90. The summed E-state index contributed by atoms with van der Waals surface area (Å²) >= 11 is 0. The number of hydrogen-bond acceptors (Lipinski definition) is 4. The molecule has 4 rings (SSSR count). The Kier molecular flexibility index (Phi) is 5.93. The number of rotatable bonds is 7. The summed E-state index contributed by atoms with van der Waals surface area (Å²) in [6.07, 6.45) is 2.03. The average molecular weight is 429 g/mol. The first-order chi connectivity index (χ1) is 14.9. The second-order valence-electron chi connectivity index (χ2n) is 8.90. The van der Waals surface area contributed by atoms with Crippen LogP contribution in [0.3, 0.4) is 0 Å². The molecule has 5 nitrogen and oxygen atoms in total. The molecule has 31 heavy (non-hydrogen) atoms. The van der Waals surface area contributed by atoms with Gasteiger partial charge in [-0.1, -0.05) is 18.2 Å². The Morgan fingerprint density at radius 2 is 1.87 bits per heavy atom. The Morgan fingerprint density at radius 3 is 2.45 bits per heavy atom. The summed E-state index contributed by atoms with van der Waals surface area (Å²) in [7, 11) is 3.22. The van der Waals surface area contributed by atoms with Gasteiger partial charge in [-0.15, -0.1) is 0 Å². The lowest BCUT2D eigenvalue weighted by molar-refractivity contribution is -0.164. The minimum absolute atomic E-state index is 0.00713. The van der Waals surface area contributed by atoms with E-state index in [1.807, 2.05) is 25.1 Å². The number of hydrogen-bond donors (Lipinski definition) is 1. The molecule has 0 spiro atoms. The van der Waals surface area contributed by atoms with Crippen LogP contribution in [0.4, 0.5) is 4.39 Å². The molecule has 2 aliphatic rings. The molecule has 1 saturated carbocycles. The standard InChI is InChI=1S/C25H29FO5/c1-25(24(27)28)11-10-19(25)22-17(12-15-4-9-20(29-2)21(13-15)30-3)14-31-23(22)16-5-7-18(26)8-6-16/h4-9,13,17,19,22-23H,10-12,14H2,1-3H3,(H,27,28)/t17-,19?,22-,23+,25?/m0/s1. The summed E-state index contributed by atoms with van der Waals surface area (Å²) in [5, 5.41) is 9.90. The fourth-order valence-electron chi connectivity index (χ4n) is 5.34. The Morgan fingerprint density at radius 1 is 1.16 bits per heavy atom. The van der Waals surface area contributed by atoms with Gasteiger partial charge in [0.1, 0.15) is 5.82 Å². The van der Waals surface area contributed by atoms with Gasteiger partial charge < -0.3 is 19.3 Å². The largest absolute Gasteiger partial charge is 0.493 e. The fraction of sp³-hybridized carbons (Fsp3) is 0.480. The molecule has 0 bridgehead atoms. The minimum Gasteiger partial charge on any atom is -0.493 e. The van der Waals surface area contributed by atoms with Crippen LogP contribution in [-0.2, 0) is 16.0 Å². The lowest BCUT2D eigenvalue weighted by Crippen LogP contribution is -2.50. The van der Waals surface area contributed by atoms with Crippen molar-refractivity contribution in [1.29, 1.82) is 0 Å². The molecule has 1 N–H and O–H groups in total. The van der Waals surface area contributed by atoms with Crippen LogP contribution >= 0.6 is 0 Å². The molecule has 0 amide bonds. The normalized spacial score (nSPS) is 29.9. The third kappa shape index (κ3) is 3.89. The van der Waals surface area contributed by atoms with Crippen LogP contribution in [0.1, 0.15) is 37.0 Å². The molecule has 2 fully saturated rings. The van der Waals surface area contributed by atoms with Gasteiger partial charge in [0, 0.05) is 0 Å². The number of ether oxygens (including phenoxy) is 3. The molecule has 0 aromatic heterocycles. The summed E-state index contributed by atoms with van der Waals surface area (Å²) in [6.45, 7) is 2.38. The molecule has 166 valence electrons. The molecule has 2 unspecified atom stereocenters. The van der Waals surface area contributed by atoms with Crippen LogP contribution < -0.4 is 9.47 Å². The van der Waals surface area contributed by atoms with E-state index < -0.39 is 11.4 Å². The van der Waals surface area contributed by atoms with Crippen molar-refractivity contribution in [2.75, 3.05) is 20.8 Å². The predicted molar refractivity (Wildman–Crippen MR) is 114 cm³/mol. The van der Waals surface area contributed by atoms with Gasteiger partial charge in [0.2, 0.25) is 0 Å². The summed E-state index contributed by atoms with van der Waals surface area (Å²) < 4.78 is 30.5. The quantitative estimate of drug-likeness (QED) is 0.680. The van der Waals surface area contributed by atoms with Crippen molar-refractivity contribution in [2.45, 2.75) is 32.3 Å². The first-order valence-corrected chi connectivity index (χ1v) is 10.7. The highest BCUT2D eigenvalue weighted by Crippen LogP contribution is 2.58. The second kappa shape index (κ2) is 8.50. The number of benzene rings is 2. The van der Waals surface area contributed by atoms with Crippen LogP contribution in [0.25, 0.3) is 0 Å². The van der Waals surface area contributed by atoms with Gasteiger partial charge in [0.05, 0.1) is 32.3 Å². The van der Waals surface area contributed by atoms with E-state index in [0.29, 0.717) is 24.5 Å². The number of carboxylic acid groups (broad SMARTS) is 1. The summed E-state index contributed by atoms with van der Waals surface area (Å²) in [6, 6.07) is 12.3. The first-order valence-electron chi connectivity index (χ1n) is 10.7. The van der Waals surface area contributed by atoms with E-state index in [0.717, 1.165) is 24.0 Å². The summed E-state index contributed by atoms with van der Waals surface area (Å²) in [5.74, 6) is 0.493. The number of halogens is 1. The third-order valence-electron chi connectivity index (χ3n) is 7.27. The van der Waals surface area contributed by atoms with Crippen molar-refractivity contribution in [1.82, 2.24) is 0 Å². The molecule has 1 heterocycles. The molecule has 1 aliphatic carbocycles. The van der Waals surface area contributed by atoms with Crippen molar-refractivity contribution in [2.24, 2.45) is 23.2 Å². The molecule has 5 atom stereocenters. The van der Waals surface area contributed by atoms with Crippen LogP contribution in [0.2, 0.25) is 0 Å². The molecule has 2 aromatic carbocycles. The molecular weight excluding hydrogens is 399 g/mol. The number of aliphatic carboxylic acids is 1. The molecular formula is C25H29FO5. The molecule has 1 aliphatic heterocycles. The van der Waals surface area contributed by atoms with Crippen molar-refractivity contribution in [3.8, 4) is 11.5 Å². The highest BCUT2D eigenvalue weighted by Gasteiger charge is 2.57. The number of carbonyl (C=O) groups is 1. The van der Waals surface area contributed by atoms with E-state index in [-0.39, 0.29) is 29.7 Å². The Labute approximate surface area is 182 Å². The molecule has 0 radical (unpaired) electrons. The Bertz CT molecular complexity index is 943. The van der Waals surface area contributed by atoms with Gasteiger partial charge in [0.25, 0.3) is 0 Å². The minimum atomic E-state index is -0.757. The maximum Gasteiger partial charge on any atom is 0.309 e. The highest BCUT2D eigenvalue weighted by molar-refractivity contribution is 5.75. The van der Waals surface area contributed by atoms with E-state index in [9.17, 15) is 14.3 Å². The Hall–Kier alpha value is -2.60. The van der Waals surface area contributed by atoms with Crippen LogP contribution in [-0.4, -0.2) is 31.9 Å². The maximum atomic E-state index is 13.5. The SMILES string of the molecule is COc1ccc(C[C@H]2CO[C@H](c3ccc(F)cc3)[C@@H]2C2CCC2(C)C(=O)O)cc1OC. The average Bonchev–Trinajstić information content (AvgIpc) is 3.15. The number of methoxy groups -OCH3 is 2. The zero-order valence-electron chi connectivity index (χ0n) is 18.1. The lowest BCUT2D eigenvalue weighted by Gasteiger charge is -2.49. The van der Waals surface area contributed by atoms with Gasteiger partial charge in [-0.05, 0) is 79.3 Å². The summed E-state index contributed by atoms with van der Waals surface area (Å²) in [5.41, 5.74) is 1.24. The predicted octanol–water partition coefficient (Wildman–Crippen LogP) is 4.89. The molecule has 1 saturated heterocycles. The molecule has 6 heteroatoms. The number of carboxylic acids is 1.